The Morgan fingerprint density at radius 3 is 2.42 bits per heavy atom. The standard InChI is InChI=1S/C21H23NO4/c1-22(13-15-6-10-19(11-7-15)26-14-20(23)24)21(25)18-9-8-16-4-2-3-5-17(16)12-18/h6-12H,2-5,13-14H2,1H3,(H,23,24). The summed E-state index contributed by atoms with van der Waals surface area (Å²) in [6, 6.07) is 13.2. The number of ether oxygens (including phenoxy) is 1. The molecular weight excluding hydrogens is 330 g/mol. The Kier molecular flexibility index (Phi) is 5.56. The number of aryl methyl sites for hydroxylation is 2. The normalized spacial score (nSPS) is 13.0. The van der Waals surface area contributed by atoms with Gasteiger partial charge in [-0.05, 0) is 66.6 Å². The Morgan fingerprint density at radius 1 is 1.04 bits per heavy atom. The van der Waals surface area contributed by atoms with Crippen LogP contribution >= 0.6 is 0 Å². The molecule has 5 nitrogen and oxygen atoms in total. The number of rotatable bonds is 6. The third-order valence-electron chi connectivity index (χ3n) is 4.65. The van der Waals surface area contributed by atoms with Gasteiger partial charge in [0.25, 0.3) is 5.91 Å². The van der Waals surface area contributed by atoms with E-state index in [9.17, 15) is 9.59 Å². The van der Waals surface area contributed by atoms with Gasteiger partial charge >= 0.3 is 5.97 Å². The van der Waals surface area contributed by atoms with Gasteiger partial charge in [-0.15, -0.1) is 0 Å². The van der Waals surface area contributed by atoms with E-state index in [1.165, 1.54) is 24.0 Å². The van der Waals surface area contributed by atoms with Crippen molar-refractivity contribution in [2.24, 2.45) is 0 Å². The minimum Gasteiger partial charge on any atom is -0.482 e. The number of hydrogen-bond donors (Lipinski definition) is 1. The van der Waals surface area contributed by atoms with Crippen molar-refractivity contribution < 1.29 is 19.4 Å². The molecule has 1 N–H and O–H groups in total. The molecule has 136 valence electrons. The molecule has 0 saturated carbocycles. The molecule has 0 aromatic heterocycles. The summed E-state index contributed by atoms with van der Waals surface area (Å²) < 4.78 is 5.12. The summed E-state index contributed by atoms with van der Waals surface area (Å²) in [6.45, 7) is 0.116. The second kappa shape index (κ2) is 8.04. The van der Waals surface area contributed by atoms with Gasteiger partial charge in [0, 0.05) is 19.2 Å². The first-order chi connectivity index (χ1) is 12.5. The van der Waals surface area contributed by atoms with E-state index in [0.29, 0.717) is 12.3 Å². The number of carbonyl (C=O) groups excluding carboxylic acids is 1. The Labute approximate surface area is 153 Å². The maximum atomic E-state index is 12.7. The third kappa shape index (κ3) is 4.42. The van der Waals surface area contributed by atoms with E-state index in [1.807, 2.05) is 24.3 Å². The quantitative estimate of drug-likeness (QED) is 0.865. The van der Waals surface area contributed by atoms with Crippen molar-refractivity contribution in [3.8, 4) is 5.75 Å². The largest absolute Gasteiger partial charge is 0.482 e. The molecule has 0 saturated heterocycles. The zero-order valence-electron chi connectivity index (χ0n) is 14.9. The van der Waals surface area contributed by atoms with Crippen molar-refractivity contribution in [1.29, 1.82) is 0 Å². The summed E-state index contributed by atoms with van der Waals surface area (Å²) in [4.78, 5) is 24.9. The predicted molar refractivity (Wildman–Crippen MR) is 98.5 cm³/mol. The minimum absolute atomic E-state index is 0.00424. The molecule has 0 bridgehead atoms. The Morgan fingerprint density at radius 2 is 1.73 bits per heavy atom. The van der Waals surface area contributed by atoms with Crippen molar-refractivity contribution in [3.05, 3.63) is 64.7 Å². The maximum Gasteiger partial charge on any atom is 0.341 e. The lowest BCUT2D eigenvalue weighted by atomic mass is 9.90. The van der Waals surface area contributed by atoms with Crippen molar-refractivity contribution in [1.82, 2.24) is 4.90 Å². The highest BCUT2D eigenvalue weighted by atomic mass is 16.5. The van der Waals surface area contributed by atoms with Crippen LogP contribution in [0.25, 0.3) is 0 Å². The lowest BCUT2D eigenvalue weighted by molar-refractivity contribution is -0.139. The summed E-state index contributed by atoms with van der Waals surface area (Å²) in [5.41, 5.74) is 4.36. The molecule has 2 aromatic rings. The summed E-state index contributed by atoms with van der Waals surface area (Å²) in [7, 11) is 1.79. The summed E-state index contributed by atoms with van der Waals surface area (Å²) >= 11 is 0. The highest BCUT2D eigenvalue weighted by Crippen LogP contribution is 2.23. The molecule has 5 heteroatoms. The molecule has 3 rings (SSSR count). The van der Waals surface area contributed by atoms with Crippen LogP contribution in [-0.4, -0.2) is 35.5 Å². The van der Waals surface area contributed by atoms with Crippen LogP contribution in [0.2, 0.25) is 0 Å². The fourth-order valence-corrected chi connectivity index (χ4v) is 3.27. The Bertz CT molecular complexity index is 798. The number of carbonyl (C=O) groups is 2. The molecule has 0 fully saturated rings. The van der Waals surface area contributed by atoms with Crippen molar-refractivity contribution >= 4 is 11.9 Å². The number of hydrogen-bond acceptors (Lipinski definition) is 3. The van der Waals surface area contributed by atoms with Gasteiger partial charge in [-0.2, -0.15) is 0 Å². The Hall–Kier alpha value is -2.82. The average molecular weight is 353 g/mol. The second-order valence-electron chi connectivity index (χ2n) is 6.68. The van der Waals surface area contributed by atoms with Crippen LogP contribution in [0.15, 0.2) is 42.5 Å². The number of carboxylic acid groups (broad SMARTS) is 1. The van der Waals surface area contributed by atoms with Gasteiger partial charge < -0.3 is 14.7 Å². The van der Waals surface area contributed by atoms with E-state index in [4.69, 9.17) is 9.84 Å². The monoisotopic (exact) mass is 353 g/mol. The predicted octanol–water partition coefficient (Wildman–Crippen LogP) is 3.30. The SMILES string of the molecule is CN(Cc1ccc(OCC(=O)O)cc1)C(=O)c1ccc2c(c1)CCCC2. The van der Waals surface area contributed by atoms with Crippen LogP contribution in [-0.2, 0) is 24.2 Å². The zero-order chi connectivity index (χ0) is 18.5. The van der Waals surface area contributed by atoms with Gasteiger partial charge in [0.05, 0.1) is 0 Å². The maximum absolute atomic E-state index is 12.7. The molecule has 2 aromatic carbocycles. The molecule has 26 heavy (non-hydrogen) atoms. The van der Waals surface area contributed by atoms with Gasteiger partial charge in [-0.3, -0.25) is 4.79 Å². The molecule has 0 unspecified atom stereocenters. The first-order valence-corrected chi connectivity index (χ1v) is 8.84. The van der Waals surface area contributed by atoms with Crippen molar-refractivity contribution in [3.63, 3.8) is 0 Å². The third-order valence-corrected chi connectivity index (χ3v) is 4.65. The van der Waals surface area contributed by atoms with Crippen LogP contribution in [0.4, 0.5) is 0 Å². The van der Waals surface area contributed by atoms with Gasteiger partial charge in [-0.1, -0.05) is 18.2 Å². The highest BCUT2D eigenvalue weighted by Gasteiger charge is 2.16. The van der Waals surface area contributed by atoms with Crippen molar-refractivity contribution in [2.75, 3.05) is 13.7 Å². The molecular formula is C21H23NO4. The lowest BCUT2D eigenvalue weighted by Crippen LogP contribution is -2.26. The van der Waals surface area contributed by atoms with E-state index in [0.717, 1.165) is 24.0 Å². The van der Waals surface area contributed by atoms with E-state index < -0.39 is 5.97 Å². The van der Waals surface area contributed by atoms with Crippen molar-refractivity contribution in [2.45, 2.75) is 32.2 Å². The Balaban J connectivity index is 1.63. The number of benzene rings is 2. The topological polar surface area (TPSA) is 66.8 Å². The number of carboxylic acids is 1. The molecule has 1 aliphatic carbocycles. The molecule has 0 radical (unpaired) electrons. The molecule has 0 atom stereocenters. The van der Waals surface area contributed by atoms with Crippen LogP contribution in [0.3, 0.4) is 0 Å². The molecule has 0 heterocycles. The first-order valence-electron chi connectivity index (χ1n) is 8.84. The summed E-state index contributed by atoms with van der Waals surface area (Å²) in [6.07, 6.45) is 4.58. The lowest BCUT2D eigenvalue weighted by Gasteiger charge is -2.20. The molecule has 1 amide bonds. The molecule has 0 spiro atoms. The fraction of sp³-hybridized carbons (Fsp3) is 0.333. The fourth-order valence-electron chi connectivity index (χ4n) is 3.27. The number of nitrogens with zero attached hydrogens (tertiary/aromatic N) is 1. The number of amides is 1. The van der Waals surface area contributed by atoms with Crippen LogP contribution in [0.1, 0.15) is 39.9 Å². The summed E-state index contributed by atoms with van der Waals surface area (Å²) in [5.74, 6) is -0.506. The molecule has 1 aliphatic rings. The van der Waals surface area contributed by atoms with Crippen LogP contribution in [0, 0.1) is 0 Å². The van der Waals surface area contributed by atoms with Gasteiger partial charge in [0.2, 0.25) is 0 Å². The number of aliphatic carboxylic acids is 1. The van der Waals surface area contributed by atoms with Gasteiger partial charge in [0.15, 0.2) is 6.61 Å². The number of fused-ring (bicyclic) bond motifs is 1. The average Bonchev–Trinajstić information content (AvgIpc) is 2.66. The van der Waals surface area contributed by atoms with Gasteiger partial charge in [-0.25, -0.2) is 4.79 Å². The first kappa shape index (κ1) is 18.0. The zero-order valence-corrected chi connectivity index (χ0v) is 14.9. The van der Waals surface area contributed by atoms with E-state index in [2.05, 4.69) is 6.07 Å². The van der Waals surface area contributed by atoms with Crippen LogP contribution in [0.5, 0.6) is 5.75 Å². The second-order valence-corrected chi connectivity index (χ2v) is 6.68. The van der Waals surface area contributed by atoms with E-state index in [-0.39, 0.29) is 12.5 Å². The van der Waals surface area contributed by atoms with Gasteiger partial charge in [0.1, 0.15) is 5.75 Å². The van der Waals surface area contributed by atoms with E-state index in [1.54, 1.807) is 24.1 Å². The van der Waals surface area contributed by atoms with E-state index >= 15 is 0 Å². The smallest absolute Gasteiger partial charge is 0.341 e. The molecule has 0 aliphatic heterocycles. The van der Waals surface area contributed by atoms with Crippen LogP contribution < -0.4 is 4.74 Å². The summed E-state index contributed by atoms with van der Waals surface area (Å²) in [5, 5.41) is 8.62. The minimum atomic E-state index is -1.01. The highest BCUT2D eigenvalue weighted by molar-refractivity contribution is 5.94.